The molecule has 4 atom stereocenters. The molecule has 0 radical (unpaired) electrons. The first-order chi connectivity index (χ1) is 15.2. The van der Waals surface area contributed by atoms with Crippen LogP contribution in [0.25, 0.3) is 0 Å². The van der Waals surface area contributed by atoms with Gasteiger partial charge in [-0.05, 0) is 38.0 Å². The minimum Gasteiger partial charge on any atom is -0.481 e. The van der Waals surface area contributed by atoms with Gasteiger partial charge in [-0.2, -0.15) is 0 Å². The summed E-state index contributed by atoms with van der Waals surface area (Å²) in [6.45, 7) is 4.28. The minimum absolute atomic E-state index is 0.0268. The van der Waals surface area contributed by atoms with Gasteiger partial charge in [0.15, 0.2) is 5.96 Å². The normalized spacial score (nSPS) is 13.5. The molecule has 0 saturated carbocycles. The Labute approximate surface area is 193 Å². The van der Waals surface area contributed by atoms with Crippen LogP contribution >= 0.6 is 0 Å². The fourth-order valence-electron chi connectivity index (χ4n) is 1.90. The fraction of sp³-hybridized carbons (Fsp3) is 0.737. The number of carboxylic acid groups (broad SMARTS) is 4. The molecule has 0 bridgehead atoms. The summed E-state index contributed by atoms with van der Waals surface area (Å²) in [5.41, 5.74) is 25.8. The summed E-state index contributed by atoms with van der Waals surface area (Å²) in [5, 5.41) is 33.2. The predicted octanol–water partition coefficient (Wildman–Crippen LogP) is -1.06. The number of unbranched alkanes of at least 4 members (excludes halogenated alkanes) is 1. The molecule has 0 amide bonds. The smallest absolute Gasteiger partial charge is 0.320 e. The standard InChI is InChI=1S/C7H16N4O2.C6H11NO4.C6H13NO2/c8-5(6(12)13)3-1-2-4-11-7(9)10;7-4(6(10)11)2-1-3-5(8)9;1-3-4(2)5(7)6(8)9/h5H,1-4,8H2,(H,12,13)(H4,9,10,11);4H,1-3,7H2,(H,8,9)(H,10,11);4-5H,3,7H2,1-2H3,(H,8,9)/t5-;;4-,5-/m1.1/s1. The zero-order chi connectivity index (χ0) is 26.6. The fourth-order valence-corrected chi connectivity index (χ4v) is 1.90. The van der Waals surface area contributed by atoms with Crippen LogP contribution in [-0.2, 0) is 19.2 Å². The molecule has 0 aliphatic carbocycles. The summed E-state index contributed by atoms with van der Waals surface area (Å²) in [7, 11) is 0. The van der Waals surface area contributed by atoms with Gasteiger partial charge in [0.2, 0.25) is 0 Å². The number of hydrogen-bond donors (Lipinski definition) is 9. The molecule has 0 heterocycles. The molecular weight excluding hydrogens is 440 g/mol. The van der Waals surface area contributed by atoms with E-state index in [9.17, 15) is 19.2 Å². The van der Waals surface area contributed by atoms with Crippen LogP contribution in [0.2, 0.25) is 0 Å². The van der Waals surface area contributed by atoms with E-state index >= 15 is 0 Å². The second-order valence-corrected chi connectivity index (χ2v) is 7.23. The van der Waals surface area contributed by atoms with Crippen LogP contribution in [0.3, 0.4) is 0 Å². The van der Waals surface area contributed by atoms with E-state index in [1.54, 1.807) is 0 Å². The van der Waals surface area contributed by atoms with Crippen molar-refractivity contribution in [3.63, 3.8) is 0 Å². The molecule has 194 valence electrons. The molecule has 0 spiro atoms. The van der Waals surface area contributed by atoms with Gasteiger partial charge < -0.3 is 49.1 Å². The molecular formula is C19H40N6O8. The molecule has 0 aromatic rings. The Bertz CT molecular complexity index is 613. The zero-order valence-corrected chi connectivity index (χ0v) is 19.2. The Balaban J connectivity index is -0.000000416. The minimum atomic E-state index is -1.09. The van der Waals surface area contributed by atoms with Gasteiger partial charge in [0.05, 0.1) is 0 Å². The highest BCUT2D eigenvalue weighted by Gasteiger charge is 2.17. The maximum atomic E-state index is 10.3. The third-order valence-corrected chi connectivity index (χ3v) is 4.30. The lowest BCUT2D eigenvalue weighted by atomic mass is 10.0. The maximum Gasteiger partial charge on any atom is 0.320 e. The van der Waals surface area contributed by atoms with Crippen LogP contribution in [0.4, 0.5) is 0 Å². The summed E-state index contributed by atoms with van der Waals surface area (Å²) in [6.07, 6.45) is 3.22. The molecule has 14 N–H and O–H groups in total. The van der Waals surface area contributed by atoms with Gasteiger partial charge in [0, 0.05) is 13.0 Å². The Hall–Kier alpha value is -2.97. The Kier molecular flexibility index (Phi) is 21.9. The van der Waals surface area contributed by atoms with Crippen LogP contribution < -0.4 is 28.7 Å². The van der Waals surface area contributed by atoms with Crippen molar-refractivity contribution >= 4 is 29.8 Å². The van der Waals surface area contributed by atoms with Crippen LogP contribution in [0.1, 0.15) is 58.8 Å². The van der Waals surface area contributed by atoms with Crippen molar-refractivity contribution in [2.75, 3.05) is 6.54 Å². The zero-order valence-electron chi connectivity index (χ0n) is 19.2. The van der Waals surface area contributed by atoms with Crippen molar-refractivity contribution in [1.82, 2.24) is 0 Å². The SMILES string of the molecule is CC[C@@H](C)[C@@H](N)C(=O)O.NC(CCCC(=O)O)C(=O)O.NC(N)=NCCCC[C@@H](N)C(=O)O. The second kappa shape index (κ2) is 20.9. The van der Waals surface area contributed by atoms with E-state index in [0.717, 1.165) is 12.8 Å². The quantitative estimate of drug-likeness (QED) is 0.0814. The number of guanidine groups is 1. The van der Waals surface area contributed by atoms with Crippen molar-refractivity contribution in [3.8, 4) is 0 Å². The van der Waals surface area contributed by atoms with E-state index in [2.05, 4.69) is 4.99 Å². The molecule has 0 saturated heterocycles. The molecule has 0 fully saturated rings. The number of aliphatic carboxylic acids is 4. The summed E-state index contributed by atoms with van der Waals surface area (Å²) in [5.74, 6) is -3.77. The highest BCUT2D eigenvalue weighted by molar-refractivity contribution is 5.75. The lowest BCUT2D eigenvalue weighted by Gasteiger charge is -2.11. The summed E-state index contributed by atoms with van der Waals surface area (Å²) < 4.78 is 0. The van der Waals surface area contributed by atoms with Crippen LogP contribution in [-0.4, -0.2) is 74.9 Å². The van der Waals surface area contributed by atoms with Gasteiger partial charge >= 0.3 is 23.9 Å². The van der Waals surface area contributed by atoms with Crippen LogP contribution in [0, 0.1) is 5.92 Å². The molecule has 0 aliphatic rings. The number of rotatable bonds is 14. The monoisotopic (exact) mass is 480 g/mol. The highest BCUT2D eigenvalue weighted by atomic mass is 16.4. The third kappa shape index (κ3) is 25.2. The second-order valence-electron chi connectivity index (χ2n) is 7.23. The van der Waals surface area contributed by atoms with E-state index in [4.69, 9.17) is 49.1 Å². The first-order valence-electron chi connectivity index (χ1n) is 10.4. The Morgan fingerprint density at radius 2 is 1.24 bits per heavy atom. The molecule has 0 aromatic heterocycles. The van der Waals surface area contributed by atoms with Crippen molar-refractivity contribution < 1.29 is 39.6 Å². The van der Waals surface area contributed by atoms with Crippen molar-refractivity contribution in [2.45, 2.75) is 76.9 Å². The van der Waals surface area contributed by atoms with Gasteiger partial charge in [-0.15, -0.1) is 0 Å². The molecule has 14 heteroatoms. The predicted molar refractivity (Wildman–Crippen MR) is 122 cm³/mol. The van der Waals surface area contributed by atoms with Gasteiger partial charge in [-0.1, -0.05) is 20.3 Å². The average molecular weight is 481 g/mol. The van der Waals surface area contributed by atoms with E-state index in [0.29, 0.717) is 25.8 Å². The summed E-state index contributed by atoms with van der Waals surface area (Å²) in [4.78, 5) is 44.3. The molecule has 0 rings (SSSR count). The maximum absolute atomic E-state index is 10.3. The van der Waals surface area contributed by atoms with Crippen molar-refractivity contribution in [2.24, 2.45) is 39.6 Å². The number of carboxylic acids is 4. The number of carbonyl (C=O) groups is 4. The third-order valence-electron chi connectivity index (χ3n) is 4.30. The lowest BCUT2D eigenvalue weighted by molar-refractivity contribution is -0.140. The average Bonchev–Trinajstić information content (AvgIpc) is 2.72. The first kappa shape index (κ1) is 34.6. The Morgan fingerprint density at radius 3 is 1.55 bits per heavy atom. The number of nitrogens with two attached hydrogens (primary N) is 5. The number of hydrogen-bond acceptors (Lipinski definition) is 8. The molecule has 0 aromatic carbocycles. The highest BCUT2D eigenvalue weighted by Crippen LogP contribution is 2.04. The largest absolute Gasteiger partial charge is 0.481 e. The number of nitrogens with zero attached hydrogens (tertiary/aromatic N) is 1. The summed E-state index contributed by atoms with van der Waals surface area (Å²) in [6, 6.07) is -2.41. The van der Waals surface area contributed by atoms with Crippen LogP contribution in [0.15, 0.2) is 4.99 Å². The van der Waals surface area contributed by atoms with E-state index in [1.807, 2.05) is 13.8 Å². The molecule has 33 heavy (non-hydrogen) atoms. The van der Waals surface area contributed by atoms with Gasteiger partial charge in [-0.25, -0.2) is 0 Å². The van der Waals surface area contributed by atoms with E-state index in [-0.39, 0.29) is 24.7 Å². The van der Waals surface area contributed by atoms with E-state index in [1.165, 1.54) is 0 Å². The van der Waals surface area contributed by atoms with Crippen LogP contribution in [0.5, 0.6) is 0 Å². The van der Waals surface area contributed by atoms with Gasteiger partial charge in [0.1, 0.15) is 18.1 Å². The van der Waals surface area contributed by atoms with Crippen molar-refractivity contribution in [3.05, 3.63) is 0 Å². The van der Waals surface area contributed by atoms with Gasteiger partial charge in [-0.3, -0.25) is 24.2 Å². The molecule has 14 nitrogen and oxygen atoms in total. The molecule has 0 aliphatic heterocycles. The van der Waals surface area contributed by atoms with Gasteiger partial charge in [0.25, 0.3) is 0 Å². The topological polar surface area (TPSA) is 292 Å². The Morgan fingerprint density at radius 1 is 0.788 bits per heavy atom. The lowest BCUT2D eigenvalue weighted by Crippen LogP contribution is -2.36. The first-order valence-corrected chi connectivity index (χ1v) is 10.4. The summed E-state index contributed by atoms with van der Waals surface area (Å²) >= 11 is 0. The molecule has 1 unspecified atom stereocenters. The van der Waals surface area contributed by atoms with Crippen molar-refractivity contribution in [1.29, 1.82) is 0 Å². The van der Waals surface area contributed by atoms with E-state index < -0.39 is 42.0 Å². The number of aliphatic imine (C=N–C) groups is 1.